The number of carbonyl (C=O) groups is 2. The Morgan fingerprint density at radius 2 is 1.55 bits per heavy atom. The highest BCUT2D eigenvalue weighted by atomic mass is 16.6. The lowest BCUT2D eigenvalue weighted by Gasteiger charge is -2.37. The molecule has 1 aliphatic carbocycles. The van der Waals surface area contributed by atoms with Crippen LogP contribution >= 0.6 is 0 Å². The molecule has 5 nitrogen and oxygen atoms in total. The lowest BCUT2D eigenvalue weighted by Crippen LogP contribution is -2.52. The maximum Gasteiger partial charge on any atom is 0.409 e. The first-order valence-corrected chi connectivity index (χ1v) is 8.68. The molecule has 0 spiro atoms. The molecule has 0 aromatic rings. The van der Waals surface area contributed by atoms with Crippen molar-refractivity contribution in [2.45, 2.75) is 46.5 Å². The molecule has 0 aromatic heterocycles. The Bertz CT molecular complexity index is 381. The van der Waals surface area contributed by atoms with E-state index in [1.807, 2.05) is 18.7 Å². The van der Waals surface area contributed by atoms with Crippen molar-refractivity contribution in [3.05, 3.63) is 0 Å². The van der Waals surface area contributed by atoms with Crippen LogP contribution in [0.1, 0.15) is 46.5 Å². The van der Waals surface area contributed by atoms with Gasteiger partial charge >= 0.3 is 6.09 Å². The van der Waals surface area contributed by atoms with E-state index in [1.54, 1.807) is 4.90 Å². The Morgan fingerprint density at radius 3 is 2.09 bits per heavy atom. The van der Waals surface area contributed by atoms with Crippen LogP contribution in [-0.4, -0.2) is 54.6 Å². The number of piperazine rings is 1. The fourth-order valence-electron chi connectivity index (χ4n) is 3.20. The summed E-state index contributed by atoms with van der Waals surface area (Å²) in [6.45, 7) is 9.23. The largest absolute Gasteiger partial charge is 0.449 e. The molecule has 2 fully saturated rings. The van der Waals surface area contributed by atoms with Crippen molar-refractivity contribution in [3.8, 4) is 0 Å². The van der Waals surface area contributed by atoms with E-state index in [1.165, 1.54) is 0 Å². The summed E-state index contributed by atoms with van der Waals surface area (Å²) >= 11 is 0. The molecule has 2 amide bonds. The minimum absolute atomic E-state index is 0.204. The summed E-state index contributed by atoms with van der Waals surface area (Å²) in [7, 11) is 0. The van der Waals surface area contributed by atoms with Gasteiger partial charge in [-0.2, -0.15) is 0 Å². The molecule has 1 heterocycles. The van der Waals surface area contributed by atoms with Gasteiger partial charge < -0.3 is 14.5 Å². The number of nitrogens with zero attached hydrogens (tertiary/aromatic N) is 2. The number of carbonyl (C=O) groups excluding carboxylic acids is 2. The first kappa shape index (κ1) is 17.1. The van der Waals surface area contributed by atoms with E-state index in [9.17, 15) is 9.59 Å². The zero-order chi connectivity index (χ0) is 16.1. The molecule has 2 rings (SSSR count). The fourth-order valence-corrected chi connectivity index (χ4v) is 3.20. The highest BCUT2D eigenvalue weighted by Crippen LogP contribution is 2.29. The number of amides is 2. The maximum atomic E-state index is 12.5. The third kappa shape index (κ3) is 4.62. The minimum atomic E-state index is -0.243. The van der Waals surface area contributed by atoms with Gasteiger partial charge in [0, 0.05) is 32.1 Å². The molecule has 0 unspecified atom stereocenters. The Balaban J connectivity index is 1.74. The van der Waals surface area contributed by atoms with Gasteiger partial charge in [0.25, 0.3) is 0 Å². The van der Waals surface area contributed by atoms with Gasteiger partial charge in [-0.3, -0.25) is 4.79 Å². The molecule has 5 heteroatoms. The molecule has 1 aliphatic heterocycles. The highest BCUT2D eigenvalue weighted by molar-refractivity contribution is 5.79. The molecule has 0 radical (unpaired) electrons. The summed E-state index contributed by atoms with van der Waals surface area (Å²) in [4.78, 5) is 28.1. The summed E-state index contributed by atoms with van der Waals surface area (Å²) in [6.07, 6.45) is 4.13. The van der Waals surface area contributed by atoms with Crippen molar-refractivity contribution in [2.24, 2.45) is 17.8 Å². The highest BCUT2D eigenvalue weighted by Gasteiger charge is 2.31. The Labute approximate surface area is 134 Å². The van der Waals surface area contributed by atoms with Gasteiger partial charge in [0.15, 0.2) is 0 Å². The van der Waals surface area contributed by atoms with Crippen molar-refractivity contribution in [2.75, 3.05) is 32.8 Å². The Hall–Kier alpha value is -1.26. The lowest BCUT2D eigenvalue weighted by atomic mass is 9.82. The predicted octanol–water partition coefficient (Wildman–Crippen LogP) is 2.75. The standard InChI is InChI=1S/C17H30N2O3/c1-13(2)12-22-17(21)19-10-8-18(9-11-19)16(20)15-6-4-14(3)5-7-15/h13-15H,4-12H2,1-3H3. The van der Waals surface area contributed by atoms with Crippen LogP contribution in [0.25, 0.3) is 0 Å². The van der Waals surface area contributed by atoms with Crippen molar-refractivity contribution in [3.63, 3.8) is 0 Å². The molecule has 2 aliphatic rings. The van der Waals surface area contributed by atoms with E-state index in [0.29, 0.717) is 44.6 Å². The molecule has 0 N–H and O–H groups in total. The van der Waals surface area contributed by atoms with Gasteiger partial charge in [-0.05, 0) is 37.5 Å². The van der Waals surface area contributed by atoms with E-state index in [0.717, 1.165) is 31.6 Å². The average molecular weight is 310 g/mol. The molecule has 0 aromatic carbocycles. The third-order valence-corrected chi connectivity index (χ3v) is 4.75. The van der Waals surface area contributed by atoms with Gasteiger partial charge in [-0.15, -0.1) is 0 Å². The first-order chi connectivity index (χ1) is 10.5. The predicted molar refractivity (Wildman–Crippen MR) is 85.5 cm³/mol. The van der Waals surface area contributed by atoms with Crippen LogP contribution in [0.4, 0.5) is 4.79 Å². The fraction of sp³-hybridized carbons (Fsp3) is 0.882. The quantitative estimate of drug-likeness (QED) is 0.805. The van der Waals surface area contributed by atoms with Crippen LogP contribution in [0.5, 0.6) is 0 Å². The third-order valence-electron chi connectivity index (χ3n) is 4.75. The van der Waals surface area contributed by atoms with Crippen molar-refractivity contribution >= 4 is 12.0 Å². The molecule has 0 bridgehead atoms. The van der Waals surface area contributed by atoms with Crippen LogP contribution in [0, 0.1) is 17.8 Å². The smallest absolute Gasteiger partial charge is 0.409 e. The van der Waals surface area contributed by atoms with Gasteiger partial charge in [-0.25, -0.2) is 4.79 Å². The summed E-state index contributed by atoms with van der Waals surface area (Å²) in [5, 5.41) is 0. The second kappa shape index (κ2) is 7.84. The van der Waals surface area contributed by atoms with E-state index in [-0.39, 0.29) is 12.0 Å². The van der Waals surface area contributed by atoms with Crippen LogP contribution in [0.2, 0.25) is 0 Å². The zero-order valence-corrected chi connectivity index (χ0v) is 14.2. The molecule has 1 saturated carbocycles. The van der Waals surface area contributed by atoms with Crippen molar-refractivity contribution in [1.82, 2.24) is 9.80 Å². The van der Waals surface area contributed by atoms with E-state index < -0.39 is 0 Å². The van der Waals surface area contributed by atoms with Gasteiger partial charge in [0.2, 0.25) is 5.91 Å². The van der Waals surface area contributed by atoms with Crippen LogP contribution in [0.15, 0.2) is 0 Å². The lowest BCUT2D eigenvalue weighted by molar-refractivity contribution is -0.138. The van der Waals surface area contributed by atoms with Gasteiger partial charge in [0.1, 0.15) is 0 Å². The summed E-state index contributed by atoms with van der Waals surface area (Å²) in [5.74, 6) is 1.61. The molecular weight excluding hydrogens is 280 g/mol. The normalized spacial score (nSPS) is 26.2. The van der Waals surface area contributed by atoms with Gasteiger partial charge in [-0.1, -0.05) is 20.8 Å². The first-order valence-electron chi connectivity index (χ1n) is 8.68. The topological polar surface area (TPSA) is 49.9 Å². The maximum absolute atomic E-state index is 12.5. The van der Waals surface area contributed by atoms with Gasteiger partial charge in [0.05, 0.1) is 6.61 Å². The summed E-state index contributed by atoms with van der Waals surface area (Å²) < 4.78 is 5.25. The number of ether oxygens (including phenoxy) is 1. The van der Waals surface area contributed by atoms with Crippen LogP contribution < -0.4 is 0 Å². The number of hydrogen-bond acceptors (Lipinski definition) is 3. The van der Waals surface area contributed by atoms with E-state index in [2.05, 4.69) is 6.92 Å². The molecular formula is C17H30N2O3. The average Bonchev–Trinajstić information content (AvgIpc) is 2.53. The van der Waals surface area contributed by atoms with Crippen molar-refractivity contribution < 1.29 is 14.3 Å². The van der Waals surface area contributed by atoms with E-state index >= 15 is 0 Å². The second-order valence-electron chi connectivity index (χ2n) is 7.24. The van der Waals surface area contributed by atoms with Crippen molar-refractivity contribution in [1.29, 1.82) is 0 Å². The number of hydrogen-bond donors (Lipinski definition) is 0. The monoisotopic (exact) mass is 310 g/mol. The minimum Gasteiger partial charge on any atom is -0.449 e. The Morgan fingerprint density at radius 1 is 1.00 bits per heavy atom. The summed E-state index contributed by atoms with van der Waals surface area (Å²) in [5.41, 5.74) is 0. The molecule has 0 atom stereocenters. The molecule has 22 heavy (non-hydrogen) atoms. The Kier molecular flexibility index (Phi) is 6.09. The van der Waals surface area contributed by atoms with E-state index in [4.69, 9.17) is 4.74 Å². The van der Waals surface area contributed by atoms with Crippen LogP contribution in [-0.2, 0) is 9.53 Å². The zero-order valence-electron chi connectivity index (χ0n) is 14.2. The molecule has 1 saturated heterocycles. The summed E-state index contributed by atoms with van der Waals surface area (Å²) in [6, 6.07) is 0. The second-order valence-corrected chi connectivity index (χ2v) is 7.24. The van der Waals surface area contributed by atoms with Crippen LogP contribution in [0.3, 0.4) is 0 Å². The SMILES string of the molecule is CC(C)COC(=O)N1CCN(C(=O)C2CCC(C)CC2)CC1. The number of rotatable bonds is 3. The molecule has 126 valence electrons.